The van der Waals surface area contributed by atoms with Crippen molar-refractivity contribution in [1.82, 2.24) is 9.88 Å². The van der Waals surface area contributed by atoms with E-state index in [4.69, 9.17) is 0 Å². The summed E-state index contributed by atoms with van der Waals surface area (Å²) in [6, 6.07) is 3.91. The van der Waals surface area contributed by atoms with E-state index in [1.54, 1.807) is 6.20 Å². The number of rotatable bonds is 6. The Balaban J connectivity index is 1.45. The molecule has 6 nitrogen and oxygen atoms in total. The van der Waals surface area contributed by atoms with Crippen LogP contribution in [-0.2, 0) is 4.79 Å². The molecule has 1 saturated heterocycles. The van der Waals surface area contributed by atoms with Crippen LogP contribution in [0.1, 0.15) is 38.5 Å². The Bertz CT molecular complexity index is 557. The second-order valence-electron chi connectivity index (χ2n) is 7.46. The average Bonchev–Trinajstić information content (AvgIpc) is 3.01. The molecule has 2 heterocycles. The van der Waals surface area contributed by atoms with E-state index in [-0.39, 0.29) is 12.0 Å². The molecule has 1 aliphatic carbocycles. The zero-order chi connectivity index (χ0) is 17.6. The van der Waals surface area contributed by atoms with Crippen LogP contribution in [0.4, 0.5) is 11.5 Å². The van der Waals surface area contributed by atoms with Crippen LogP contribution in [0.25, 0.3) is 0 Å². The van der Waals surface area contributed by atoms with E-state index < -0.39 is 0 Å². The summed E-state index contributed by atoms with van der Waals surface area (Å²) in [6.07, 6.45) is 8.30. The third-order valence-electron chi connectivity index (χ3n) is 5.29. The Labute approximate surface area is 150 Å². The average molecular weight is 346 g/mol. The van der Waals surface area contributed by atoms with Gasteiger partial charge in [-0.1, -0.05) is 6.42 Å². The molecule has 25 heavy (non-hydrogen) atoms. The molecule has 1 aromatic rings. The topological polar surface area (TPSA) is 68.7 Å². The monoisotopic (exact) mass is 346 g/mol. The Hall–Kier alpha value is -1.66. The van der Waals surface area contributed by atoms with Gasteiger partial charge in [-0.05, 0) is 57.2 Å². The van der Waals surface area contributed by atoms with E-state index >= 15 is 0 Å². The van der Waals surface area contributed by atoms with Gasteiger partial charge in [0.2, 0.25) is 5.91 Å². The molecule has 1 saturated carbocycles. The smallest absolute Gasteiger partial charge is 0.238 e. The molecule has 2 aliphatic rings. The lowest BCUT2D eigenvalue weighted by Crippen LogP contribution is -2.35. The molecule has 2 N–H and O–H groups in total. The van der Waals surface area contributed by atoms with E-state index in [2.05, 4.69) is 15.2 Å². The summed E-state index contributed by atoms with van der Waals surface area (Å²) in [4.78, 5) is 21.0. The van der Waals surface area contributed by atoms with Crippen LogP contribution in [0, 0.1) is 5.92 Å². The highest BCUT2D eigenvalue weighted by Gasteiger charge is 2.26. The van der Waals surface area contributed by atoms with E-state index in [1.165, 1.54) is 19.3 Å². The molecule has 2 fully saturated rings. The number of hydrogen-bond acceptors (Lipinski definition) is 5. The molecule has 0 radical (unpaired) electrons. The summed E-state index contributed by atoms with van der Waals surface area (Å²) in [5, 5.41) is 12.8. The molecular formula is C19H30N4O2. The molecule has 2 unspecified atom stereocenters. The van der Waals surface area contributed by atoms with Crippen LogP contribution in [0.15, 0.2) is 18.3 Å². The van der Waals surface area contributed by atoms with Gasteiger partial charge in [0, 0.05) is 19.6 Å². The Morgan fingerprint density at radius 2 is 2.08 bits per heavy atom. The molecule has 0 bridgehead atoms. The van der Waals surface area contributed by atoms with Crippen molar-refractivity contribution in [2.45, 2.75) is 44.6 Å². The van der Waals surface area contributed by atoms with Gasteiger partial charge >= 0.3 is 0 Å². The van der Waals surface area contributed by atoms with Crippen LogP contribution in [0.2, 0.25) is 0 Å². The van der Waals surface area contributed by atoms with Gasteiger partial charge in [0.1, 0.15) is 5.82 Å². The Morgan fingerprint density at radius 1 is 1.28 bits per heavy atom. The van der Waals surface area contributed by atoms with Crippen LogP contribution in [0.3, 0.4) is 0 Å². The number of aliphatic hydroxyl groups excluding tert-OH is 1. The van der Waals surface area contributed by atoms with Gasteiger partial charge in [-0.15, -0.1) is 0 Å². The first kappa shape index (κ1) is 18.1. The summed E-state index contributed by atoms with van der Waals surface area (Å²) in [6.45, 7) is 3.23. The molecule has 1 aromatic heterocycles. The van der Waals surface area contributed by atoms with Gasteiger partial charge in [-0.25, -0.2) is 4.98 Å². The molecule has 138 valence electrons. The quantitative estimate of drug-likeness (QED) is 0.826. The Kier molecular flexibility index (Phi) is 6.26. The summed E-state index contributed by atoms with van der Waals surface area (Å²) in [5.41, 5.74) is 0.736. The lowest BCUT2D eigenvalue weighted by Gasteiger charge is -2.27. The van der Waals surface area contributed by atoms with Gasteiger partial charge in [-0.2, -0.15) is 0 Å². The lowest BCUT2D eigenvalue weighted by molar-refractivity contribution is -0.117. The van der Waals surface area contributed by atoms with Crippen LogP contribution >= 0.6 is 0 Å². The zero-order valence-corrected chi connectivity index (χ0v) is 15.2. The minimum atomic E-state index is -0.211. The Morgan fingerprint density at radius 3 is 2.72 bits per heavy atom. The summed E-state index contributed by atoms with van der Waals surface area (Å²) >= 11 is 0. The molecule has 1 amide bonds. The number of pyridine rings is 1. The maximum absolute atomic E-state index is 12.2. The standard InChI is InChI=1S/C19H30N4O2/c1-22(13-15-6-5-7-17(15)24)14-19(25)21-16-8-9-18(20-12-16)23-10-3-2-4-11-23/h8-9,12,15,17,24H,2-7,10-11,13-14H2,1H3,(H,21,25). The number of hydrogen-bond donors (Lipinski definition) is 2. The number of carbonyl (C=O) groups excluding carboxylic acids is 1. The second-order valence-corrected chi connectivity index (χ2v) is 7.46. The van der Waals surface area contributed by atoms with Crippen molar-refractivity contribution in [3.05, 3.63) is 18.3 Å². The van der Waals surface area contributed by atoms with Crippen molar-refractivity contribution < 1.29 is 9.90 Å². The summed E-state index contributed by atoms with van der Waals surface area (Å²) in [7, 11) is 1.93. The molecular weight excluding hydrogens is 316 g/mol. The van der Waals surface area contributed by atoms with Crippen LogP contribution in [0.5, 0.6) is 0 Å². The predicted octanol–water partition coefficient (Wildman–Crippen LogP) is 2.10. The third-order valence-corrected chi connectivity index (χ3v) is 5.29. The van der Waals surface area contributed by atoms with Crippen molar-refractivity contribution >= 4 is 17.4 Å². The molecule has 2 atom stereocenters. The minimum absolute atomic E-state index is 0.0393. The maximum atomic E-state index is 12.2. The molecule has 0 aromatic carbocycles. The number of nitrogens with one attached hydrogen (secondary N) is 1. The summed E-state index contributed by atoms with van der Waals surface area (Å²) < 4.78 is 0. The van der Waals surface area contributed by atoms with Gasteiger partial charge in [-0.3, -0.25) is 9.69 Å². The number of aliphatic hydroxyl groups is 1. The highest BCUT2D eigenvalue weighted by Crippen LogP contribution is 2.26. The fourth-order valence-corrected chi connectivity index (χ4v) is 3.91. The van der Waals surface area contributed by atoms with Crippen molar-refractivity contribution in [3.63, 3.8) is 0 Å². The second kappa shape index (κ2) is 8.63. The SMILES string of the molecule is CN(CC(=O)Nc1ccc(N2CCCCC2)nc1)CC1CCCC1O. The van der Waals surface area contributed by atoms with Crippen molar-refractivity contribution in [3.8, 4) is 0 Å². The van der Waals surface area contributed by atoms with Gasteiger partial charge < -0.3 is 15.3 Å². The normalized spacial score (nSPS) is 23.9. The number of nitrogens with zero attached hydrogens (tertiary/aromatic N) is 3. The largest absolute Gasteiger partial charge is 0.393 e. The number of anilines is 2. The minimum Gasteiger partial charge on any atom is -0.393 e. The number of carbonyl (C=O) groups is 1. The van der Waals surface area contributed by atoms with Crippen molar-refractivity contribution in [2.24, 2.45) is 5.92 Å². The van der Waals surface area contributed by atoms with Crippen LogP contribution in [-0.4, -0.2) is 60.2 Å². The van der Waals surface area contributed by atoms with Gasteiger partial charge in [0.05, 0.1) is 24.5 Å². The highest BCUT2D eigenvalue weighted by atomic mass is 16.3. The first-order valence-electron chi connectivity index (χ1n) is 9.49. The van der Waals surface area contributed by atoms with E-state index in [1.807, 2.05) is 24.1 Å². The molecule has 1 aliphatic heterocycles. The first-order valence-corrected chi connectivity index (χ1v) is 9.49. The predicted molar refractivity (Wildman–Crippen MR) is 99.8 cm³/mol. The molecule has 6 heteroatoms. The first-order chi connectivity index (χ1) is 12.1. The highest BCUT2D eigenvalue weighted by molar-refractivity contribution is 5.92. The third kappa shape index (κ3) is 5.16. The summed E-state index contributed by atoms with van der Waals surface area (Å²) in [5.74, 6) is 1.25. The van der Waals surface area contributed by atoms with E-state index in [9.17, 15) is 9.90 Å². The van der Waals surface area contributed by atoms with E-state index in [0.29, 0.717) is 12.5 Å². The zero-order valence-electron chi connectivity index (χ0n) is 15.2. The van der Waals surface area contributed by atoms with Gasteiger partial charge in [0.25, 0.3) is 0 Å². The fraction of sp³-hybridized carbons (Fsp3) is 0.684. The number of likely N-dealkylation sites (N-methyl/N-ethyl adjacent to an activating group) is 1. The van der Waals surface area contributed by atoms with Crippen molar-refractivity contribution in [2.75, 3.05) is 43.4 Å². The van der Waals surface area contributed by atoms with E-state index in [0.717, 1.165) is 50.4 Å². The maximum Gasteiger partial charge on any atom is 0.238 e. The molecule has 0 spiro atoms. The van der Waals surface area contributed by atoms with Gasteiger partial charge in [0.15, 0.2) is 0 Å². The van der Waals surface area contributed by atoms with Crippen LogP contribution < -0.4 is 10.2 Å². The number of aromatic nitrogens is 1. The molecule has 3 rings (SSSR count). The van der Waals surface area contributed by atoms with Crippen molar-refractivity contribution in [1.29, 1.82) is 0 Å². The number of piperidine rings is 1. The number of amides is 1. The lowest BCUT2D eigenvalue weighted by atomic mass is 10.1. The fourth-order valence-electron chi connectivity index (χ4n) is 3.91.